The predicted molar refractivity (Wildman–Crippen MR) is 52.4 cm³/mol. The summed E-state index contributed by atoms with van der Waals surface area (Å²) < 4.78 is 180. The molecule has 0 aliphatic carbocycles. The third-order valence-corrected chi connectivity index (χ3v) is 2.90. The van der Waals surface area contributed by atoms with E-state index < -0.39 is 46.5 Å². The third-order valence-electron chi connectivity index (χ3n) is 2.42. The molecule has 0 bridgehead atoms. The zero-order valence-electron chi connectivity index (χ0n) is 10.9. The van der Waals surface area contributed by atoms with Crippen LogP contribution in [0.2, 0.25) is 0 Å². The Kier molecular flexibility index (Phi) is 6.20. The van der Waals surface area contributed by atoms with Crippen molar-refractivity contribution in [1.82, 2.24) is 0 Å². The molecule has 0 amide bonds. The lowest BCUT2D eigenvalue weighted by Gasteiger charge is -2.42. The second-order valence-electron chi connectivity index (χ2n) is 4.21. The van der Waals surface area contributed by atoms with Crippen molar-refractivity contribution in [2.75, 3.05) is 0 Å². The minimum atomic E-state index is -7.87. The highest BCUT2D eigenvalue weighted by Gasteiger charge is 2.88. The molecule has 0 heterocycles. The van der Waals surface area contributed by atoms with Gasteiger partial charge in [-0.1, -0.05) is 0 Å². The molecule has 0 radical (unpaired) electrons. The maximum Gasteiger partial charge on any atom is 0.459 e. The number of hydrogen-bond acceptors (Lipinski definition) is 2. The van der Waals surface area contributed by atoms with E-state index in [4.69, 9.17) is 0 Å². The van der Waals surface area contributed by atoms with Gasteiger partial charge in [0.1, 0.15) is 0 Å². The number of rotatable bonds is 7. The first-order valence-electron chi connectivity index (χ1n) is 5.14. The van der Waals surface area contributed by atoms with E-state index >= 15 is 0 Å². The zero-order valence-corrected chi connectivity index (χ0v) is 12.4. The van der Waals surface area contributed by atoms with Gasteiger partial charge in [-0.3, -0.25) is 9.53 Å². The number of alkyl halides is 15. The van der Waals surface area contributed by atoms with Crippen LogP contribution in [0.4, 0.5) is 61.5 Å². The highest BCUT2D eigenvalue weighted by Crippen LogP contribution is 2.60. The fraction of sp³-hybridized carbons (Fsp3) is 0.875. The van der Waals surface area contributed by atoms with Gasteiger partial charge in [-0.2, -0.15) is 61.5 Å². The van der Waals surface area contributed by atoms with Crippen LogP contribution in [0, 0.1) is 0 Å². The van der Waals surface area contributed by atoms with Crippen LogP contribution in [-0.4, -0.2) is 46.5 Å². The predicted octanol–water partition coefficient (Wildman–Crippen LogP) is 5.33. The number of hydrogen-bond donors (Lipinski definition) is 0. The highest BCUT2D eigenvalue weighted by atomic mass is 35.5. The van der Waals surface area contributed by atoms with Crippen molar-refractivity contribution in [3.8, 4) is 0 Å². The molecule has 0 saturated heterocycles. The summed E-state index contributed by atoms with van der Waals surface area (Å²) in [6.07, 6.45) is -7.27. The minimum absolute atomic E-state index is 1.68. The summed E-state index contributed by atoms with van der Waals surface area (Å²) in [5.74, 6) is -30.0. The Balaban J connectivity index is 6.75. The van der Waals surface area contributed by atoms with Gasteiger partial charge in [0.2, 0.25) is 0 Å². The van der Waals surface area contributed by atoms with Crippen LogP contribution in [0.1, 0.15) is 0 Å². The molecular formula is C8Cl2F14O2. The van der Waals surface area contributed by atoms with Gasteiger partial charge in [0.25, 0.3) is 0 Å². The van der Waals surface area contributed by atoms with Gasteiger partial charge in [-0.25, -0.2) is 0 Å². The van der Waals surface area contributed by atoms with Crippen LogP contribution in [-0.2, 0) is 9.53 Å². The summed E-state index contributed by atoms with van der Waals surface area (Å²) in [7, 11) is 0. The molecule has 2 unspecified atom stereocenters. The molecule has 0 aliphatic heterocycles. The lowest BCUT2D eigenvalue weighted by Crippen LogP contribution is -2.71. The summed E-state index contributed by atoms with van der Waals surface area (Å²) in [4.78, 5) is 9.94. The van der Waals surface area contributed by atoms with Gasteiger partial charge in [-0.15, -0.1) is 0 Å². The first kappa shape index (κ1) is 25.2. The summed E-state index contributed by atoms with van der Waals surface area (Å²) in [6.45, 7) is 0. The van der Waals surface area contributed by atoms with Crippen LogP contribution in [0.15, 0.2) is 0 Å². The Labute approximate surface area is 141 Å². The van der Waals surface area contributed by atoms with Crippen LogP contribution in [0.3, 0.4) is 0 Å². The zero-order chi connectivity index (χ0) is 21.8. The van der Waals surface area contributed by atoms with E-state index in [1.807, 2.05) is 0 Å². The Morgan fingerprint density at radius 2 is 1.00 bits per heavy atom. The number of carbonyl (C=O) groups excluding carboxylic acids is 1. The Morgan fingerprint density at radius 1 is 0.654 bits per heavy atom. The third kappa shape index (κ3) is 3.63. The molecule has 2 atom stereocenters. The first-order valence-corrected chi connectivity index (χ1v) is 5.89. The molecule has 26 heavy (non-hydrogen) atoms. The SMILES string of the molecule is O=C(F)C(F)(OC(F)(C(F)(F)Cl)C(F)(F)C(F)(F)C(F)(F)Cl)C(F)(F)F. The quantitative estimate of drug-likeness (QED) is 0.289. The highest BCUT2D eigenvalue weighted by molar-refractivity contribution is 6.23. The fourth-order valence-corrected chi connectivity index (χ4v) is 1.36. The Bertz CT molecular complexity index is 551. The molecule has 156 valence electrons. The van der Waals surface area contributed by atoms with Gasteiger partial charge in [-0.05, 0) is 23.2 Å². The number of halogens is 16. The molecule has 0 spiro atoms. The second-order valence-corrected chi connectivity index (χ2v) is 5.16. The van der Waals surface area contributed by atoms with Gasteiger partial charge in [0.05, 0.1) is 0 Å². The largest absolute Gasteiger partial charge is 0.459 e. The minimum Gasteiger partial charge on any atom is -0.282 e. The molecule has 0 aliphatic rings. The van der Waals surface area contributed by atoms with Crippen LogP contribution in [0.5, 0.6) is 0 Å². The molecule has 2 nitrogen and oxygen atoms in total. The van der Waals surface area contributed by atoms with Crippen molar-refractivity contribution in [2.24, 2.45) is 0 Å². The van der Waals surface area contributed by atoms with Crippen molar-refractivity contribution in [3.63, 3.8) is 0 Å². The normalized spacial score (nSPS) is 19.7. The average Bonchev–Trinajstić information content (AvgIpc) is 2.33. The summed E-state index contributed by atoms with van der Waals surface area (Å²) in [5, 5.41) is -13.5. The molecule has 0 rings (SSSR count). The van der Waals surface area contributed by atoms with E-state index in [9.17, 15) is 66.3 Å². The van der Waals surface area contributed by atoms with E-state index in [2.05, 4.69) is 23.2 Å². The summed E-state index contributed by atoms with van der Waals surface area (Å²) in [6, 6.07) is -4.63. The monoisotopic (exact) mass is 464 g/mol. The molecule has 0 aromatic heterocycles. The molecule has 0 aromatic carbocycles. The topological polar surface area (TPSA) is 26.3 Å². The van der Waals surface area contributed by atoms with Crippen molar-refractivity contribution < 1.29 is 71.0 Å². The van der Waals surface area contributed by atoms with E-state index in [-0.39, 0.29) is 0 Å². The number of ether oxygens (including phenoxy) is 1. The van der Waals surface area contributed by atoms with Crippen LogP contribution >= 0.6 is 23.2 Å². The molecular weight excluding hydrogens is 465 g/mol. The van der Waals surface area contributed by atoms with Crippen molar-refractivity contribution in [3.05, 3.63) is 0 Å². The fourth-order valence-electron chi connectivity index (χ4n) is 1.08. The van der Waals surface area contributed by atoms with Gasteiger partial charge in [0.15, 0.2) is 0 Å². The maximum absolute atomic E-state index is 13.7. The second kappa shape index (κ2) is 6.39. The van der Waals surface area contributed by atoms with E-state index in [0.717, 1.165) is 0 Å². The molecule has 0 saturated carbocycles. The molecule has 18 heteroatoms. The molecule has 0 fully saturated rings. The molecule has 0 aromatic rings. The average molecular weight is 465 g/mol. The molecule has 0 N–H and O–H groups in total. The van der Waals surface area contributed by atoms with Crippen molar-refractivity contribution in [1.29, 1.82) is 0 Å². The Morgan fingerprint density at radius 3 is 1.19 bits per heavy atom. The van der Waals surface area contributed by atoms with Gasteiger partial charge >= 0.3 is 46.5 Å². The first-order chi connectivity index (χ1) is 10.9. The lowest BCUT2D eigenvalue weighted by atomic mass is 10.0. The lowest BCUT2D eigenvalue weighted by molar-refractivity contribution is -0.459. The van der Waals surface area contributed by atoms with Crippen molar-refractivity contribution >= 4 is 29.2 Å². The van der Waals surface area contributed by atoms with Crippen LogP contribution in [0.25, 0.3) is 0 Å². The van der Waals surface area contributed by atoms with Gasteiger partial charge in [0, 0.05) is 0 Å². The summed E-state index contributed by atoms with van der Waals surface area (Å²) in [5.41, 5.74) is 0. The van der Waals surface area contributed by atoms with Crippen molar-refractivity contribution in [2.45, 2.75) is 40.5 Å². The standard InChI is InChI=1S/C8Cl2F14O2/c9-6(18,19)4(15,16)3(13,14)5(17,7(10,20)21)26-2(12,1(11)25)8(22,23)24. The number of carbonyl (C=O) groups is 1. The smallest absolute Gasteiger partial charge is 0.282 e. The van der Waals surface area contributed by atoms with E-state index in [0.29, 0.717) is 0 Å². The maximum atomic E-state index is 13.7. The van der Waals surface area contributed by atoms with E-state index in [1.54, 1.807) is 4.74 Å². The Hall–Kier alpha value is -0.770. The van der Waals surface area contributed by atoms with Gasteiger partial charge < -0.3 is 0 Å². The summed E-state index contributed by atoms with van der Waals surface area (Å²) >= 11 is 7.00. The van der Waals surface area contributed by atoms with Crippen LogP contribution < -0.4 is 0 Å². The van der Waals surface area contributed by atoms with E-state index in [1.165, 1.54) is 0 Å².